The van der Waals surface area contributed by atoms with Crippen molar-refractivity contribution in [1.29, 1.82) is 0 Å². The summed E-state index contributed by atoms with van der Waals surface area (Å²) in [4.78, 5) is 8.70. The van der Waals surface area contributed by atoms with E-state index in [4.69, 9.17) is 0 Å². The average Bonchev–Trinajstić information content (AvgIpc) is 2.26. The van der Waals surface area contributed by atoms with Gasteiger partial charge in [0.1, 0.15) is 11.6 Å². The Morgan fingerprint density at radius 3 is 2.65 bits per heavy atom. The first-order valence-electron chi connectivity index (χ1n) is 6.34. The molecule has 0 aromatic carbocycles. The zero-order valence-electron chi connectivity index (χ0n) is 11.0. The Morgan fingerprint density at radius 1 is 1.29 bits per heavy atom. The van der Waals surface area contributed by atoms with E-state index in [-0.39, 0.29) is 0 Å². The minimum absolute atomic E-state index is 0.387. The van der Waals surface area contributed by atoms with E-state index in [9.17, 15) is 0 Å². The second kappa shape index (κ2) is 5.00. The lowest BCUT2D eigenvalue weighted by Crippen LogP contribution is -2.39. The van der Waals surface area contributed by atoms with Crippen molar-refractivity contribution in [2.24, 2.45) is 5.41 Å². The third-order valence-electron chi connectivity index (χ3n) is 3.47. The van der Waals surface area contributed by atoms with Crippen LogP contribution in [0.25, 0.3) is 0 Å². The van der Waals surface area contributed by atoms with Crippen LogP contribution in [-0.4, -0.2) is 29.6 Å². The van der Waals surface area contributed by atoms with E-state index in [0.717, 1.165) is 37.0 Å². The highest BCUT2D eigenvalue weighted by Gasteiger charge is 2.26. The van der Waals surface area contributed by atoms with Crippen LogP contribution < -0.4 is 10.6 Å². The molecular formula is C13H22N4. The summed E-state index contributed by atoms with van der Waals surface area (Å²) in [6.07, 6.45) is 2.45. The van der Waals surface area contributed by atoms with Crippen LogP contribution in [0.5, 0.6) is 0 Å². The Bertz CT molecular complexity index is 363. The number of nitrogens with zero attached hydrogens (tertiary/aromatic N) is 2. The Labute approximate surface area is 103 Å². The normalized spacial score (nSPS) is 19.0. The molecule has 0 atom stereocenters. The first-order chi connectivity index (χ1) is 8.07. The summed E-state index contributed by atoms with van der Waals surface area (Å²) < 4.78 is 0. The van der Waals surface area contributed by atoms with Gasteiger partial charge in [-0.05, 0) is 45.2 Å². The molecule has 4 nitrogen and oxygen atoms in total. The second-order valence-electron chi connectivity index (χ2n) is 5.36. The molecule has 94 valence electrons. The van der Waals surface area contributed by atoms with Gasteiger partial charge in [0.05, 0.1) is 0 Å². The summed E-state index contributed by atoms with van der Waals surface area (Å²) in [6.45, 7) is 9.53. The first-order valence-corrected chi connectivity index (χ1v) is 6.34. The highest BCUT2D eigenvalue weighted by atomic mass is 15.0. The standard InChI is InChI=1S/C13H22N4/c1-10-8-12(17-11(2)16-10)15-9-13(3)4-6-14-7-5-13/h8,14H,4-7,9H2,1-3H3,(H,15,16,17). The van der Waals surface area contributed by atoms with E-state index in [0.29, 0.717) is 5.41 Å². The van der Waals surface area contributed by atoms with Gasteiger partial charge < -0.3 is 10.6 Å². The zero-order valence-corrected chi connectivity index (χ0v) is 11.0. The molecule has 0 saturated carbocycles. The summed E-state index contributed by atoms with van der Waals surface area (Å²) in [5.74, 6) is 1.79. The van der Waals surface area contributed by atoms with Crippen LogP contribution in [0, 0.1) is 19.3 Å². The molecular weight excluding hydrogens is 212 g/mol. The summed E-state index contributed by atoms with van der Waals surface area (Å²) >= 11 is 0. The van der Waals surface area contributed by atoms with Gasteiger partial charge in [-0.2, -0.15) is 0 Å². The van der Waals surface area contributed by atoms with Gasteiger partial charge in [0.15, 0.2) is 0 Å². The van der Waals surface area contributed by atoms with E-state index in [1.54, 1.807) is 0 Å². The van der Waals surface area contributed by atoms with Crippen LogP contribution in [-0.2, 0) is 0 Å². The Morgan fingerprint density at radius 2 is 2.00 bits per heavy atom. The van der Waals surface area contributed by atoms with Crippen molar-refractivity contribution < 1.29 is 0 Å². The molecule has 2 N–H and O–H groups in total. The van der Waals surface area contributed by atoms with Crippen molar-refractivity contribution in [3.8, 4) is 0 Å². The van der Waals surface area contributed by atoms with Gasteiger partial charge in [0, 0.05) is 18.3 Å². The molecule has 17 heavy (non-hydrogen) atoms. The van der Waals surface area contributed by atoms with Crippen molar-refractivity contribution in [3.63, 3.8) is 0 Å². The van der Waals surface area contributed by atoms with E-state index in [2.05, 4.69) is 27.5 Å². The lowest BCUT2D eigenvalue weighted by molar-refractivity contribution is 0.247. The summed E-state index contributed by atoms with van der Waals surface area (Å²) in [7, 11) is 0. The molecule has 1 saturated heterocycles. The quantitative estimate of drug-likeness (QED) is 0.838. The largest absolute Gasteiger partial charge is 0.369 e. The van der Waals surface area contributed by atoms with Crippen molar-refractivity contribution in [2.75, 3.05) is 25.0 Å². The number of anilines is 1. The summed E-state index contributed by atoms with van der Waals surface area (Å²) in [6, 6.07) is 2.01. The van der Waals surface area contributed by atoms with E-state index >= 15 is 0 Å². The number of piperidine rings is 1. The van der Waals surface area contributed by atoms with Crippen molar-refractivity contribution in [1.82, 2.24) is 15.3 Å². The number of hydrogen-bond donors (Lipinski definition) is 2. The zero-order chi connectivity index (χ0) is 12.3. The lowest BCUT2D eigenvalue weighted by atomic mass is 9.81. The maximum atomic E-state index is 4.41. The van der Waals surface area contributed by atoms with Crippen molar-refractivity contribution in [3.05, 3.63) is 17.6 Å². The molecule has 1 aliphatic heterocycles. The minimum Gasteiger partial charge on any atom is -0.369 e. The van der Waals surface area contributed by atoms with E-state index in [1.165, 1.54) is 12.8 Å². The fourth-order valence-corrected chi connectivity index (χ4v) is 2.32. The van der Waals surface area contributed by atoms with Gasteiger partial charge in [0.25, 0.3) is 0 Å². The highest BCUT2D eigenvalue weighted by Crippen LogP contribution is 2.27. The van der Waals surface area contributed by atoms with Gasteiger partial charge >= 0.3 is 0 Å². The van der Waals surface area contributed by atoms with E-state index in [1.807, 2.05) is 19.9 Å². The molecule has 1 aromatic rings. The van der Waals surface area contributed by atoms with Crippen LogP contribution in [0.2, 0.25) is 0 Å². The topological polar surface area (TPSA) is 49.8 Å². The van der Waals surface area contributed by atoms with Crippen LogP contribution in [0.4, 0.5) is 5.82 Å². The molecule has 1 fully saturated rings. The lowest BCUT2D eigenvalue weighted by Gasteiger charge is -2.34. The molecule has 0 bridgehead atoms. The van der Waals surface area contributed by atoms with Crippen LogP contribution in [0.3, 0.4) is 0 Å². The van der Waals surface area contributed by atoms with Crippen LogP contribution in [0.1, 0.15) is 31.3 Å². The first kappa shape index (κ1) is 12.3. The number of hydrogen-bond acceptors (Lipinski definition) is 4. The van der Waals surface area contributed by atoms with Crippen molar-refractivity contribution >= 4 is 5.82 Å². The fourth-order valence-electron chi connectivity index (χ4n) is 2.32. The molecule has 2 heterocycles. The van der Waals surface area contributed by atoms with Crippen molar-refractivity contribution in [2.45, 2.75) is 33.6 Å². The van der Waals surface area contributed by atoms with Gasteiger partial charge in [-0.1, -0.05) is 6.92 Å². The molecule has 0 radical (unpaired) electrons. The predicted octanol–water partition coefficient (Wildman–Crippen LogP) is 1.90. The fraction of sp³-hybridized carbons (Fsp3) is 0.692. The minimum atomic E-state index is 0.387. The molecule has 0 spiro atoms. The maximum Gasteiger partial charge on any atom is 0.129 e. The highest BCUT2D eigenvalue weighted by molar-refractivity contribution is 5.35. The maximum absolute atomic E-state index is 4.41. The van der Waals surface area contributed by atoms with Gasteiger partial charge in [-0.15, -0.1) is 0 Å². The van der Waals surface area contributed by atoms with E-state index < -0.39 is 0 Å². The van der Waals surface area contributed by atoms with Gasteiger partial charge in [-0.25, -0.2) is 9.97 Å². The van der Waals surface area contributed by atoms with Crippen LogP contribution in [0.15, 0.2) is 6.07 Å². The molecule has 1 aliphatic rings. The Kier molecular flexibility index (Phi) is 3.62. The monoisotopic (exact) mass is 234 g/mol. The number of nitrogens with one attached hydrogen (secondary N) is 2. The molecule has 0 unspecified atom stereocenters. The van der Waals surface area contributed by atoms with Crippen LogP contribution >= 0.6 is 0 Å². The van der Waals surface area contributed by atoms with Gasteiger partial charge in [0.2, 0.25) is 0 Å². The predicted molar refractivity (Wildman–Crippen MR) is 70.2 cm³/mol. The third-order valence-corrected chi connectivity index (χ3v) is 3.47. The molecule has 2 rings (SSSR count). The molecule has 1 aromatic heterocycles. The second-order valence-corrected chi connectivity index (χ2v) is 5.36. The number of aryl methyl sites for hydroxylation is 2. The number of aromatic nitrogens is 2. The third kappa shape index (κ3) is 3.40. The summed E-state index contributed by atoms with van der Waals surface area (Å²) in [5, 5.41) is 6.86. The molecule has 0 amide bonds. The van der Waals surface area contributed by atoms with Gasteiger partial charge in [-0.3, -0.25) is 0 Å². The Balaban J connectivity index is 1.96. The summed E-state index contributed by atoms with van der Waals surface area (Å²) in [5.41, 5.74) is 1.41. The SMILES string of the molecule is Cc1cc(NCC2(C)CCNCC2)nc(C)n1. The average molecular weight is 234 g/mol. The smallest absolute Gasteiger partial charge is 0.129 e. The Hall–Kier alpha value is -1.16. The molecule has 0 aliphatic carbocycles. The molecule has 4 heteroatoms. The number of rotatable bonds is 3.